The number of para-hydroxylation sites is 1. The summed E-state index contributed by atoms with van der Waals surface area (Å²) in [6, 6.07) is 26.4. The molecule has 0 N–H and O–H groups in total. The first kappa shape index (κ1) is 22.4. The van der Waals surface area contributed by atoms with Crippen molar-refractivity contribution < 1.29 is 9.59 Å². The minimum atomic E-state index is 0.144. The second-order valence-corrected chi connectivity index (χ2v) is 9.15. The van der Waals surface area contributed by atoms with Crippen LogP contribution in [-0.2, 0) is 17.8 Å². The van der Waals surface area contributed by atoms with Gasteiger partial charge in [-0.25, -0.2) is 0 Å². The molecule has 3 aromatic carbocycles. The zero-order chi connectivity index (χ0) is 23.3. The molecule has 3 aromatic rings. The van der Waals surface area contributed by atoms with Gasteiger partial charge in [0.2, 0.25) is 5.91 Å². The zero-order valence-corrected chi connectivity index (χ0v) is 19.5. The van der Waals surface area contributed by atoms with Crippen molar-refractivity contribution >= 4 is 23.1 Å². The molecule has 2 aliphatic rings. The molecule has 5 rings (SSSR count). The Labute approximate surface area is 201 Å². The van der Waals surface area contributed by atoms with E-state index in [2.05, 4.69) is 34.1 Å². The van der Waals surface area contributed by atoms with Crippen LogP contribution in [0.1, 0.15) is 34.3 Å². The molecular formula is C29H31N3O2. The second kappa shape index (κ2) is 10.2. The number of ketones is 1. The van der Waals surface area contributed by atoms with Gasteiger partial charge in [-0.05, 0) is 47.9 Å². The fourth-order valence-corrected chi connectivity index (χ4v) is 4.95. The minimum absolute atomic E-state index is 0.144. The summed E-state index contributed by atoms with van der Waals surface area (Å²) in [5.41, 5.74) is 5.17. The van der Waals surface area contributed by atoms with E-state index in [1.165, 1.54) is 5.69 Å². The number of rotatable bonds is 7. The third-order valence-electron chi connectivity index (χ3n) is 6.93. The average Bonchev–Trinajstić information content (AvgIpc) is 2.90. The average molecular weight is 454 g/mol. The van der Waals surface area contributed by atoms with Crippen LogP contribution in [0.3, 0.4) is 0 Å². The number of nitrogens with zero attached hydrogens (tertiary/aromatic N) is 3. The highest BCUT2D eigenvalue weighted by atomic mass is 16.2. The first-order valence-corrected chi connectivity index (χ1v) is 12.2. The summed E-state index contributed by atoms with van der Waals surface area (Å²) in [6.45, 7) is 5.28. The van der Waals surface area contributed by atoms with Gasteiger partial charge in [0.05, 0.1) is 6.54 Å². The highest BCUT2D eigenvalue weighted by molar-refractivity contribution is 6.00. The van der Waals surface area contributed by atoms with Gasteiger partial charge in [0.25, 0.3) is 0 Å². The fraction of sp³-hybridized carbons (Fsp3) is 0.310. The van der Waals surface area contributed by atoms with E-state index in [4.69, 9.17) is 0 Å². The summed E-state index contributed by atoms with van der Waals surface area (Å²) in [6.07, 6.45) is 1.71. The molecule has 2 aliphatic heterocycles. The fourth-order valence-electron chi connectivity index (χ4n) is 4.95. The Kier molecular flexibility index (Phi) is 6.72. The van der Waals surface area contributed by atoms with Crippen molar-refractivity contribution in [1.29, 1.82) is 0 Å². The van der Waals surface area contributed by atoms with E-state index in [1.807, 2.05) is 59.5 Å². The maximum atomic E-state index is 13.0. The number of Topliss-reactive ketones (excluding diaryl/α,β-unsaturated/α-hetero) is 1. The molecule has 0 saturated carbocycles. The third-order valence-corrected chi connectivity index (χ3v) is 6.93. The largest absolute Gasteiger partial charge is 0.369 e. The summed E-state index contributed by atoms with van der Waals surface area (Å²) in [4.78, 5) is 32.2. The lowest BCUT2D eigenvalue weighted by Crippen LogP contribution is -2.46. The van der Waals surface area contributed by atoms with Crippen molar-refractivity contribution in [1.82, 2.24) is 4.90 Å². The van der Waals surface area contributed by atoms with Crippen LogP contribution in [0.5, 0.6) is 0 Å². The number of anilines is 2. The van der Waals surface area contributed by atoms with Gasteiger partial charge in [0, 0.05) is 62.5 Å². The molecule has 1 saturated heterocycles. The molecule has 0 unspecified atom stereocenters. The molecule has 0 radical (unpaired) electrons. The van der Waals surface area contributed by atoms with Gasteiger partial charge in [-0.15, -0.1) is 0 Å². The van der Waals surface area contributed by atoms with Crippen molar-refractivity contribution in [2.45, 2.75) is 25.8 Å². The molecule has 34 heavy (non-hydrogen) atoms. The normalized spacial score (nSPS) is 16.4. The van der Waals surface area contributed by atoms with Crippen LogP contribution in [0, 0.1) is 0 Å². The van der Waals surface area contributed by atoms with E-state index in [-0.39, 0.29) is 11.7 Å². The van der Waals surface area contributed by atoms with Gasteiger partial charge in [-0.1, -0.05) is 48.5 Å². The number of carbonyl (C=O) groups excluding carboxylic acids is 2. The van der Waals surface area contributed by atoms with Crippen LogP contribution >= 0.6 is 0 Å². The number of carbonyl (C=O) groups is 2. The molecule has 1 fully saturated rings. The number of hydrogen-bond acceptors (Lipinski definition) is 4. The summed E-state index contributed by atoms with van der Waals surface area (Å²) in [5, 5.41) is 0. The van der Waals surface area contributed by atoms with Crippen LogP contribution < -0.4 is 9.80 Å². The summed E-state index contributed by atoms with van der Waals surface area (Å²) in [5.74, 6) is 0.324. The van der Waals surface area contributed by atoms with Gasteiger partial charge < -0.3 is 9.80 Å². The smallest absolute Gasteiger partial charge is 0.227 e. The van der Waals surface area contributed by atoms with Crippen molar-refractivity contribution in [3.8, 4) is 0 Å². The molecular weight excluding hydrogens is 422 g/mol. The van der Waals surface area contributed by atoms with Crippen LogP contribution in [0.4, 0.5) is 11.4 Å². The number of benzene rings is 3. The maximum absolute atomic E-state index is 13.0. The zero-order valence-electron chi connectivity index (χ0n) is 19.5. The van der Waals surface area contributed by atoms with Crippen molar-refractivity contribution in [3.05, 3.63) is 95.6 Å². The van der Waals surface area contributed by atoms with Gasteiger partial charge in [0.15, 0.2) is 5.78 Å². The molecule has 174 valence electrons. The number of hydrogen-bond donors (Lipinski definition) is 0. The predicted molar refractivity (Wildman–Crippen MR) is 136 cm³/mol. The Morgan fingerprint density at radius 1 is 0.794 bits per heavy atom. The molecule has 0 bridgehead atoms. The first-order chi connectivity index (χ1) is 16.7. The molecule has 2 heterocycles. The summed E-state index contributed by atoms with van der Waals surface area (Å²) >= 11 is 0. The van der Waals surface area contributed by atoms with E-state index in [1.54, 1.807) is 0 Å². The van der Waals surface area contributed by atoms with Crippen LogP contribution in [0.25, 0.3) is 0 Å². The van der Waals surface area contributed by atoms with Crippen molar-refractivity contribution in [2.75, 3.05) is 42.5 Å². The molecule has 0 spiro atoms. The second-order valence-electron chi connectivity index (χ2n) is 9.15. The Morgan fingerprint density at radius 3 is 2.24 bits per heavy atom. The highest BCUT2D eigenvalue weighted by Gasteiger charge is 2.25. The van der Waals surface area contributed by atoms with Gasteiger partial charge >= 0.3 is 0 Å². The predicted octanol–water partition coefficient (Wildman–Crippen LogP) is 4.56. The molecule has 5 heteroatoms. The molecule has 0 aliphatic carbocycles. The maximum Gasteiger partial charge on any atom is 0.227 e. The number of fused-ring (bicyclic) bond motifs is 1. The Balaban J connectivity index is 1.18. The van der Waals surface area contributed by atoms with Gasteiger partial charge in [-0.3, -0.25) is 14.5 Å². The summed E-state index contributed by atoms with van der Waals surface area (Å²) in [7, 11) is 0. The lowest BCUT2D eigenvalue weighted by atomic mass is 9.96. The van der Waals surface area contributed by atoms with Gasteiger partial charge in [0.1, 0.15) is 0 Å². The standard InChI is InChI=1S/C29H31N3O2/c33-28(15-16-30-17-19-31(20-18-30)26-9-5-2-6-10-26)25-11-13-27-24(21-25)12-14-29(34)32(27)22-23-7-3-1-4-8-23/h1-11,13,21H,12,14-20,22H2. The number of amides is 1. The van der Waals surface area contributed by atoms with Crippen LogP contribution in [-0.4, -0.2) is 49.3 Å². The van der Waals surface area contributed by atoms with Crippen LogP contribution in [0.15, 0.2) is 78.9 Å². The van der Waals surface area contributed by atoms with E-state index < -0.39 is 0 Å². The molecule has 5 nitrogen and oxygen atoms in total. The minimum Gasteiger partial charge on any atom is -0.369 e. The quantitative estimate of drug-likeness (QED) is 0.492. The SMILES string of the molecule is O=C(CCN1CCN(c2ccccc2)CC1)c1ccc2c(c1)CCC(=O)N2Cc1ccccc1. The molecule has 1 amide bonds. The van der Waals surface area contributed by atoms with Crippen molar-refractivity contribution in [3.63, 3.8) is 0 Å². The topological polar surface area (TPSA) is 43.9 Å². The van der Waals surface area contributed by atoms with E-state index in [0.29, 0.717) is 25.8 Å². The lowest BCUT2D eigenvalue weighted by molar-refractivity contribution is -0.119. The first-order valence-electron chi connectivity index (χ1n) is 12.2. The number of aryl methyl sites for hydroxylation is 1. The highest BCUT2D eigenvalue weighted by Crippen LogP contribution is 2.30. The Hall–Kier alpha value is -3.44. The van der Waals surface area contributed by atoms with E-state index in [0.717, 1.165) is 55.1 Å². The molecule has 0 aromatic heterocycles. The lowest BCUT2D eigenvalue weighted by Gasteiger charge is -2.36. The number of piperazine rings is 1. The Bertz CT molecular complexity index is 1140. The van der Waals surface area contributed by atoms with E-state index >= 15 is 0 Å². The summed E-state index contributed by atoms with van der Waals surface area (Å²) < 4.78 is 0. The van der Waals surface area contributed by atoms with Crippen molar-refractivity contribution in [2.24, 2.45) is 0 Å². The third kappa shape index (κ3) is 5.05. The Morgan fingerprint density at radius 2 is 1.50 bits per heavy atom. The van der Waals surface area contributed by atoms with Gasteiger partial charge in [-0.2, -0.15) is 0 Å². The molecule has 0 atom stereocenters. The monoisotopic (exact) mass is 453 g/mol. The van der Waals surface area contributed by atoms with E-state index in [9.17, 15) is 9.59 Å². The van der Waals surface area contributed by atoms with Crippen LogP contribution in [0.2, 0.25) is 0 Å².